The van der Waals surface area contributed by atoms with Crippen LogP contribution >= 0.6 is 11.3 Å². The first kappa shape index (κ1) is 16.1. The molecule has 1 saturated heterocycles. The normalized spacial score (nSPS) is 14.9. The number of rotatable bonds is 4. The number of aromatic nitrogens is 3. The molecule has 7 heteroatoms. The maximum absolute atomic E-state index is 12.2. The van der Waals surface area contributed by atoms with Crippen LogP contribution in [0.1, 0.15) is 17.8 Å². The number of aryl methyl sites for hydroxylation is 1. The Bertz CT molecular complexity index is 917. The summed E-state index contributed by atoms with van der Waals surface area (Å²) in [7, 11) is 0. The minimum Gasteiger partial charge on any atom is -0.310 e. The molecule has 0 unspecified atom stereocenters. The van der Waals surface area contributed by atoms with Gasteiger partial charge in [-0.05, 0) is 50.4 Å². The summed E-state index contributed by atoms with van der Waals surface area (Å²) < 4.78 is 0. The summed E-state index contributed by atoms with van der Waals surface area (Å²) in [6, 6.07) is 8.02. The molecule has 0 atom stereocenters. The van der Waals surface area contributed by atoms with Crippen LogP contribution in [0.2, 0.25) is 0 Å². The summed E-state index contributed by atoms with van der Waals surface area (Å²) in [6.45, 7) is 4.39. The lowest BCUT2D eigenvalue weighted by Gasteiger charge is -2.14. The van der Waals surface area contributed by atoms with Crippen molar-refractivity contribution in [3.05, 3.63) is 35.5 Å². The Kier molecular flexibility index (Phi) is 4.42. The van der Waals surface area contributed by atoms with Gasteiger partial charge in [-0.3, -0.25) is 9.69 Å². The number of carbonyl (C=O) groups excluding carboxylic acids is 1. The van der Waals surface area contributed by atoms with Crippen LogP contribution in [-0.4, -0.2) is 45.6 Å². The summed E-state index contributed by atoms with van der Waals surface area (Å²) in [5.74, 6) is 0.576. The highest BCUT2D eigenvalue weighted by molar-refractivity contribution is 7.14. The molecule has 3 aromatic rings. The number of amides is 1. The Morgan fingerprint density at radius 2 is 2.04 bits per heavy atom. The summed E-state index contributed by atoms with van der Waals surface area (Å²) in [4.78, 5) is 18.7. The SMILES string of the molecule is Cc1nnc(-c2ccc3cnc(NC(=O)CN4CCCC4)cc3c2)s1. The molecule has 1 fully saturated rings. The number of hydrogen-bond acceptors (Lipinski definition) is 6. The number of pyridine rings is 1. The zero-order chi connectivity index (χ0) is 17.2. The summed E-state index contributed by atoms with van der Waals surface area (Å²) in [5.41, 5.74) is 1.03. The number of carbonyl (C=O) groups is 1. The van der Waals surface area contributed by atoms with Crippen molar-refractivity contribution in [3.63, 3.8) is 0 Å². The molecule has 1 amide bonds. The van der Waals surface area contributed by atoms with Crippen molar-refractivity contribution < 1.29 is 4.79 Å². The van der Waals surface area contributed by atoms with E-state index in [1.54, 1.807) is 17.5 Å². The quantitative estimate of drug-likeness (QED) is 0.780. The molecule has 0 bridgehead atoms. The minimum absolute atomic E-state index is 0.00958. The summed E-state index contributed by atoms with van der Waals surface area (Å²) >= 11 is 1.57. The average Bonchev–Trinajstić information content (AvgIpc) is 3.26. The van der Waals surface area contributed by atoms with Crippen molar-refractivity contribution in [3.8, 4) is 10.6 Å². The zero-order valence-electron chi connectivity index (χ0n) is 14.0. The van der Waals surface area contributed by atoms with Gasteiger partial charge in [-0.2, -0.15) is 0 Å². The molecule has 1 aliphatic heterocycles. The predicted molar refractivity (Wildman–Crippen MR) is 99.7 cm³/mol. The van der Waals surface area contributed by atoms with Gasteiger partial charge in [0.25, 0.3) is 0 Å². The fourth-order valence-electron chi connectivity index (χ4n) is 3.08. The van der Waals surface area contributed by atoms with E-state index >= 15 is 0 Å². The fourth-order valence-corrected chi connectivity index (χ4v) is 3.77. The molecule has 128 valence electrons. The highest BCUT2D eigenvalue weighted by Gasteiger charge is 2.15. The monoisotopic (exact) mass is 353 g/mol. The molecule has 0 spiro atoms. The van der Waals surface area contributed by atoms with Crippen LogP contribution in [0.15, 0.2) is 30.5 Å². The van der Waals surface area contributed by atoms with Crippen LogP contribution in [0.3, 0.4) is 0 Å². The predicted octanol–water partition coefficient (Wildman–Crippen LogP) is 3.10. The standard InChI is InChI=1S/C18H19N5OS/c1-12-21-22-18(25-12)13-4-5-14-10-19-16(9-15(14)8-13)20-17(24)11-23-6-2-3-7-23/h4-5,8-10H,2-3,6-7,11H2,1H3,(H,19,20,24). The molecule has 0 radical (unpaired) electrons. The molecule has 2 aromatic heterocycles. The van der Waals surface area contributed by atoms with Gasteiger partial charge in [0.1, 0.15) is 15.8 Å². The van der Waals surface area contributed by atoms with E-state index in [1.165, 1.54) is 12.8 Å². The molecule has 0 aliphatic carbocycles. The number of likely N-dealkylation sites (tertiary alicyclic amines) is 1. The maximum Gasteiger partial charge on any atom is 0.239 e. The molecule has 25 heavy (non-hydrogen) atoms. The van der Waals surface area contributed by atoms with Crippen LogP contribution in [0.5, 0.6) is 0 Å². The van der Waals surface area contributed by atoms with E-state index in [9.17, 15) is 4.79 Å². The van der Waals surface area contributed by atoms with E-state index in [0.29, 0.717) is 12.4 Å². The van der Waals surface area contributed by atoms with Crippen molar-refractivity contribution in [1.82, 2.24) is 20.1 Å². The van der Waals surface area contributed by atoms with Crippen LogP contribution < -0.4 is 5.32 Å². The van der Waals surface area contributed by atoms with Crippen LogP contribution in [0.25, 0.3) is 21.3 Å². The smallest absolute Gasteiger partial charge is 0.239 e. The fraction of sp³-hybridized carbons (Fsp3) is 0.333. The summed E-state index contributed by atoms with van der Waals surface area (Å²) in [6.07, 6.45) is 4.14. The van der Waals surface area contributed by atoms with E-state index in [4.69, 9.17) is 0 Å². The third-order valence-electron chi connectivity index (χ3n) is 4.33. The van der Waals surface area contributed by atoms with E-state index in [2.05, 4.69) is 31.5 Å². The van der Waals surface area contributed by atoms with E-state index < -0.39 is 0 Å². The van der Waals surface area contributed by atoms with Crippen molar-refractivity contribution >= 4 is 33.8 Å². The van der Waals surface area contributed by atoms with E-state index in [1.807, 2.05) is 25.1 Å². The Balaban J connectivity index is 1.54. The lowest BCUT2D eigenvalue weighted by Crippen LogP contribution is -2.31. The highest BCUT2D eigenvalue weighted by atomic mass is 32.1. The molecule has 3 heterocycles. The number of benzene rings is 1. The molecule has 6 nitrogen and oxygen atoms in total. The Hall–Kier alpha value is -2.38. The van der Waals surface area contributed by atoms with Gasteiger partial charge in [-0.15, -0.1) is 10.2 Å². The molecule has 1 N–H and O–H groups in total. The second-order valence-electron chi connectivity index (χ2n) is 6.29. The molecular weight excluding hydrogens is 334 g/mol. The average molecular weight is 353 g/mol. The Morgan fingerprint density at radius 1 is 1.20 bits per heavy atom. The van der Waals surface area contributed by atoms with Gasteiger partial charge >= 0.3 is 0 Å². The van der Waals surface area contributed by atoms with Gasteiger partial charge in [0.2, 0.25) is 5.91 Å². The second-order valence-corrected chi connectivity index (χ2v) is 7.47. The molecule has 4 rings (SSSR count). The van der Waals surface area contributed by atoms with Gasteiger partial charge < -0.3 is 5.32 Å². The third-order valence-corrected chi connectivity index (χ3v) is 5.22. The van der Waals surface area contributed by atoms with Crippen molar-refractivity contribution in [2.24, 2.45) is 0 Å². The van der Waals surface area contributed by atoms with Crippen LogP contribution in [-0.2, 0) is 4.79 Å². The first-order chi connectivity index (χ1) is 12.2. The largest absolute Gasteiger partial charge is 0.310 e. The number of nitrogens with zero attached hydrogens (tertiary/aromatic N) is 4. The maximum atomic E-state index is 12.2. The Labute approximate surface area is 149 Å². The van der Waals surface area contributed by atoms with Crippen molar-refractivity contribution in [1.29, 1.82) is 0 Å². The van der Waals surface area contributed by atoms with E-state index in [0.717, 1.165) is 39.4 Å². The van der Waals surface area contributed by atoms with Gasteiger partial charge in [0.15, 0.2) is 0 Å². The van der Waals surface area contributed by atoms with Gasteiger partial charge in [-0.25, -0.2) is 4.98 Å². The lowest BCUT2D eigenvalue weighted by molar-refractivity contribution is -0.117. The van der Waals surface area contributed by atoms with Gasteiger partial charge in [-0.1, -0.05) is 23.5 Å². The number of fused-ring (bicyclic) bond motifs is 1. The number of hydrogen-bond donors (Lipinski definition) is 1. The molecule has 0 saturated carbocycles. The molecular formula is C18H19N5OS. The Morgan fingerprint density at radius 3 is 2.80 bits per heavy atom. The van der Waals surface area contributed by atoms with Crippen molar-refractivity contribution in [2.45, 2.75) is 19.8 Å². The molecule has 1 aliphatic rings. The van der Waals surface area contributed by atoms with Crippen LogP contribution in [0.4, 0.5) is 5.82 Å². The first-order valence-corrected chi connectivity index (χ1v) is 9.21. The van der Waals surface area contributed by atoms with Crippen LogP contribution in [0, 0.1) is 6.92 Å². The molecule has 1 aromatic carbocycles. The highest BCUT2D eigenvalue weighted by Crippen LogP contribution is 2.27. The number of nitrogens with one attached hydrogen (secondary N) is 1. The first-order valence-electron chi connectivity index (χ1n) is 8.40. The summed E-state index contributed by atoms with van der Waals surface area (Å²) in [5, 5.41) is 15.1. The van der Waals surface area contributed by atoms with E-state index in [-0.39, 0.29) is 5.91 Å². The van der Waals surface area contributed by atoms with Crippen molar-refractivity contribution in [2.75, 3.05) is 25.0 Å². The topological polar surface area (TPSA) is 71.0 Å². The van der Waals surface area contributed by atoms with Gasteiger partial charge in [0, 0.05) is 17.1 Å². The number of anilines is 1. The van der Waals surface area contributed by atoms with Gasteiger partial charge in [0.05, 0.1) is 6.54 Å². The minimum atomic E-state index is -0.00958. The lowest BCUT2D eigenvalue weighted by atomic mass is 10.1. The third kappa shape index (κ3) is 3.67. The second kappa shape index (κ2) is 6.85. The zero-order valence-corrected chi connectivity index (χ0v) is 14.8.